The summed E-state index contributed by atoms with van der Waals surface area (Å²) in [6.45, 7) is 4.98. The number of hydrogen-bond donors (Lipinski definition) is 1. The maximum atomic E-state index is 10.3. The monoisotopic (exact) mass is 314 g/mol. The first kappa shape index (κ1) is 17.2. The van der Waals surface area contributed by atoms with Crippen LogP contribution in [0.1, 0.15) is 45.1 Å². The first-order valence-corrected chi connectivity index (χ1v) is 8.46. The lowest BCUT2D eigenvalue weighted by Gasteiger charge is -2.17. The molecule has 0 aliphatic rings. The largest absolute Gasteiger partial charge is 0.504 e. The van der Waals surface area contributed by atoms with Gasteiger partial charge in [-0.3, -0.25) is 0 Å². The summed E-state index contributed by atoms with van der Waals surface area (Å²) < 4.78 is 11.9. The van der Waals surface area contributed by atoms with Crippen molar-refractivity contribution in [3.8, 4) is 23.0 Å². The van der Waals surface area contributed by atoms with Gasteiger partial charge in [0.25, 0.3) is 0 Å². The van der Waals surface area contributed by atoms with Crippen LogP contribution < -0.4 is 9.47 Å². The number of aromatic hydroxyl groups is 1. The van der Waals surface area contributed by atoms with Gasteiger partial charge < -0.3 is 14.6 Å². The van der Waals surface area contributed by atoms with Gasteiger partial charge in [0.2, 0.25) is 0 Å². The van der Waals surface area contributed by atoms with E-state index in [0.717, 1.165) is 43.4 Å². The van der Waals surface area contributed by atoms with Gasteiger partial charge in [-0.2, -0.15) is 0 Å². The van der Waals surface area contributed by atoms with Gasteiger partial charge in [0.05, 0.1) is 6.61 Å². The molecule has 0 spiro atoms. The van der Waals surface area contributed by atoms with E-state index in [-0.39, 0.29) is 5.75 Å². The Morgan fingerprint density at radius 3 is 2.35 bits per heavy atom. The Morgan fingerprint density at radius 1 is 0.913 bits per heavy atom. The highest BCUT2D eigenvalue weighted by Crippen LogP contribution is 2.40. The number of hydrogen-bond acceptors (Lipinski definition) is 3. The van der Waals surface area contributed by atoms with Crippen molar-refractivity contribution in [3.05, 3.63) is 48.0 Å². The first-order valence-electron chi connectivity index (χ1n) is 8.46. The molecule has 0 aromatic heterocycles. The van der Waals surface area contributed by atoms with E-state index in [0.29, 0.717) is 18.1 Å². The Kier molecular flexibility index (Phi) is 6.79. The zero-order valence-electron chi connectivity index (χ0n) is 14.0. The predicted molar refractivity (Wildman–Crippen MR) is 93.6 cm³/mol. The van der Waals surface area contributed by atoms with E-state index in [1.807, 2.05) is 36.4 Å². The fourth-order valence-electron chi connectivity index (χ4n) is 2.37. The second-order valence-corrected chi connectivity index (χ2v) is 5.61. The second kappa shape index (κ2) is 9.09. The molecule has 0 unspecified atom stereocenters. The van der Waals surface area contributed by atoms with Crippen LogP contribution in [0.3, 0.4) is 0 Å². The van der Waals surface area contributed by atoms with Gasteiger partial charge in [-0.15, -0.1) is 0 Å². The van der Waals surface area contributed by atoms with Crippen molar-refractivity contribution in [2.75, 3.05) is 6.61 Å². The minimum atomic E-state index is 0.155. The molecular weight excluding hydrogens is 288 g/mol. The number of benzene rings is 2. The lowest BCUT2D eigenvalue weighted by atomic mass is 10.1. The summed E-state index contributed by atoms with van der Waals surface area (Å²) in [6, 6.07) is 13.0. The van der Waals surface area contributed by atoms with Crippen molar-refractivity contribution in [1.29, 1.82) is 0 Å². The van der Waals surface area contributed by atoms with Gasteiger partial charge in [-0.1, -0.05) is 44.9 Å². The van der Waals surface area contributed by atoms with E-state index in [1.165, 1.54) is 0 Å². The highest BCUT2D eigenvalue weighted by atomic mass is 16.5. The van der Waals surface area contributed by atoms with Gasteiger partial charge in [0.15, 0.2) is 11.5 Å². The van der Waals surface area contributed by atoms with Crippen molar-refractivity contribution >= 4 is 0 Å². The third kappa shape index (κ3) is 4.92. The van der Waals surface area contributed by atoms with Crippen molar-refractivity contribution in [2.45, 2.75) is 46.0 Å². The van der Waals surface area contributed by atoms with Crippen LogP contribution in [0.15, 0.2) is 42.5 Å². The van der Waals surface area contributed by atoms with Gasteiger partial charge >= 0.3 is 0 Å². The molecule has 2 aromatic rings. The summed E-state index contributed by atoms with van der Waals surface area (Å²) in [5.41, 5.74) is 0.951. The lowest BCUT2D eigenvalue weighted by molar-refractivity contribution is 0.302. The Hall–Kier alpha value is -2.16. The van der Waals surface area contributed by atoms with Crippen LogP contribution in [-0.2, 0) is 6.42 Å². The third-order valence-electron chi connectivity index (χ3n) is 3.70. The Balaban J connectivity index is 2.30. The van der Waals surface area contributed by atoms with Crippen LogP contribution in [0.2, 0.25) is 0 Å². The van der Waals surface area contributed by atoms with Gasteiger partial charge in [-0.25, -0.2) is 0 Å². The zero-order chi connectivity index (χ0) is 16.5. The van der Waals surface area contributed by atoms with Gasteiger partial charge in [-0.05, 0) is 43.5 Å². The van der Waals surface area contributed by atoms with E-state index in [9.17, 15) is 5.11 Å². The summed E-state index contributed by atoms with van der Waals surface area (Å²) in [5, 5.41) is 10.3. The quantitative estimate of drug-likeness (QED) is 0.603. The molecule has 0 radical (unpaired) electrons. The molecule has 23 heavy (non-hydrogen) atoms. The Morgan fingerprint density at radius 2 is 1.65 bits per heavy atom. The maximum absolute atomic E-state index is 10.3. The predicted octanol–water partition coefficient (Wildman–Crippen LogP) is 5.71. The van der Waals surface area contributed by atoms with Crippen LogP contribution in [0.25, 0.3) is 0 Å². The van der Waals surface area contributed by atoms with Crippen LogP contribution in [0.4, 0.5) is 0 Å². The number of unbranched alkanes of at least 4 members (excludes halogenated alkanes) is 2. The molecule has 0 heterocycles. The molecule has 0 atom stereocenters. The summed E-state index contributed by atoms with van der Waals surface area (Å²) in [4.78, 5) is 0. The fraction of sp³-hybridized carbons (Fsp3) is 0.400. The molecule has 0 aliphatic heterocycles. The highest BCUT2D eigenvalue weighted by Gasteiger charge is 2.16. The normalized spacial score (nSPS) is 10.5. The molecule has 124 valence electrons. The van der Waals surface area contributed by atoms with E-state index in [2.05, 4.69) is 13.8 Å². The Bertz CT molecular complexity index is 593. The molecule has 1 N–H and O–H groups in total. The topological polar surface area (TPSA) is 38.7 Å². The number of rotatable bonds is 9. The Labute approximate surface area is 138 Å². The number of phenols is 1. The van der Waals surface area contributed by atoms with Crippen LogP contribution in [0.5, 0.6) is 23.0 Å². The van der Waals surface area contributed by atoms with Crippen molar-refractivity contribution in [3.63, 3.8) is 0 Å². The maximum Gasteiger partial charge on any atom is 0.175 e. The molecule has 2 aromatic carbocycles. The SMILES string of the molecule is CCCCOc1ccc(O)c(Oc2ccccc2)c1CCCC. The van der Waals surface area contributed by atoms with E-state index in [4.69, 9.17) is 9.47 Å². The minimum absolute atomic E-state index is 0.155. The van der Waals surface area contributed by atoms with E-state index >= 15 is 0 Å². The molecule has 2 rings (SSSR count). The van der Waals surface area contributed by atoms with Crippen molar-refractivity contribution < 1.29 is 14.6 Å². The molecule has 3 nitrogen and oxygen atoms in total. The summed E-state index contributed by atoms with van der Waals surface area (Å²) in [6.07, 6.45) is 5.04. The summed E-state index contributed by atoms with van der Waals surface area (Å²) in [7, 11) is 0. The minimum Gasteiger partial charge on any atom is -0.504 e. The summed E-state index contributed by atoms with van der Waals surface area (Å²) >= 11 is 0. The van der Waals surface area contributed by atoms with Crippen LogP contribution in [-0.4, -0.2) is 11.7 Å². The molecular formula is C20H26O3. The van der Waals surface area contributed by atoms with Crippen LogP contribution >= 0.6 is 0 Å². The van der Waals surface area contributed by atoms with Gasteiger partial charge in [0.1, 0.15) is 11.5 Å². The van der Waals surface area contributed by atoms with E-state index < -0.39 is 0 Å². The number of para-hydroxylation sites is 1. The van der Waals surface area contributed by atoms with Gasteiger partial charge in [0, 0.05) is 5.56 Å². The number of phenolic OH excluding ortho intramolecular Hbond substituents is 1. The average Bonchev–Trinajstić information content (AvgIpc) is 2.58. The molecule has 0 aliphatic carbocycles. The zero-order valence-corrected chi connectivity index (χ0v) is 14.0. The molecule has 3 heteroatoms. The van der Waals surface area contributed by atoms with Crippen molar-refractivity contribution in [1.82, 2.24) is 0 Å². The molecule has 0 bridgehead atoms. The lowest BCUT2D eigenvalue weighted by Crippen LogP contribution is -2.02. The average molecular weight is 314 g/mol. The molecule has 0 saturated heterocycles. The molecule has 0 amide bonds. The van der Waals surface area contributed by atoms with E-state index in [1.54, 1.807) is 6.07 Å². The molecule has 0 fully saturated rings. The smallest absolute Gasteiger partial charge is 0.175 e. The second-order valence-electron chi connectivity index (χ2n) is 5.61. The summed E-state index contributed by atoms with van der Waals surface area (Å²) in [5.74, 6) is 2.20. The third-order valence-corrected chi connectivity index (χ3v) is 3.70. The number of ether oxygens (including phenoxy) is 2. The fourth-order valence-corrected chi connectivity index (χ4v) is 2.37. The first-order chi connectivity index (χ1) is 11.3. The standard InChI is InChI=1S/C20H26O3/c1-3-5-12-17-19(22-15-6-4-2)14-13-18(21)20(17)23-16-10-8-7-9-11-16/h7-11,13-14,21H,3-6,12,15H2,1-2H3. The molecule has 0 saturated carbocycles. The van der Waals surface area contributed by atoms with Crippen LogP contribution in [0, 0.1) is 0 Å². The highest BCUT2D eigenvalue weighted by molar-refractivity contribution is 5.54. The van der Waals surface area contributed by atoms with Crippen molar-refractivity contribution in [2.24, 2.45) is 0 Å².